The van der Waals surface area contributed by atoms with Crippen LogP contribution in [0.2, 0.25) is 5.02 Å². The van der Waals surface area contributed by atoms with Gasteiger partial charge in [-0.2, -0.15) is 0 Å². The van der Waals surface area contributed by atoms with Gasteiger partial charge >= 0.3 is 0 Å². The van der Waals surface area contributed by atoms with Gasteiger partial charge < -0.3 is 15.0 Å². The zero-order valence-electron chi connectivity index (χ0n) is 13.7. The van der Waals surface area contributed by atoms with Crippen LogP contribution in [-0.2, 0) is 0 Å². The predicted octanol–water partition coefficient (Wildman–Crippen LogP) is 3.95. The molecule has 1 aliphatic heterocycles. The van der Waals surface area contributed by atoms with Crippen molar-refractivity contribution in [3.63, 3.8) is 0 Å². The molecule has 0 spiro atoms. The minimum Gasteiger partial charge on any atom is -0.496 e. The fraction of sp³-hybridized carbons (Fsp3) is 0.588. The van der Waals surface area contributed by atoms with E-state index in [1.807, 2.05) is 0 Å². The molecule has 0 radical (unpaired) electrons. The van der Waals surface area contributed by atoms with E-state index in [0.717, 1.165) is 36.0 Å². The van der Waals surface area contributed by atoms with E-state index in [0.29, 0.717) is 16.3 Å². The van der Waals surface area contributed by atoms with Crippen molar-refractivity contribution in [1.82, 2.24) is 10.2 Å². The zero-order valence-corrected chi connectivity index (χ0v) is 16.6. The van der Waals surface area contributed by atoms with Gasteiger partial charge in [0.1, 0.15) is 5.75 Å². The van der Waals surface area contributed by atoms with Crippen molar-refractivity contribution in [2.45, 2.75) is 38.6 Å². The molecule has 0 saturated carbocycles. The fourth-order valence-corrected chi connectivity index (χ4v) is 3.42. The van der Waals surface area contributed by atoms with Crippen LogP contribution in [0.25, 0.3) is 0 Å². The van der Waals surface area contributed by atoms with Gasteiger partial charge in [-0.25, -0.2) is 0 Å². The number of likely N-dealkylation sites (tertiary alicyclic amines) is 1. The second-order valence-electron chi connectivity index (χ2n) is 5.91. The molecular weight excluding hydrogens is 427 g/mol. The summed E-state index contributed by atoms with van der Waals surface area (Å²) in [5.74, 6) is 0.462. The molecule has 0 aromatic heterocycles. The molecule has 0 unspecified atom stereocenters. The predicted molar refractivity (Wildman–Crippen MR) is 103 cm³/mol. The SMILES string of the molecule is CCCCN1CCC(NC(=O)c2cc(Cl)c(I)cc2OC)CC1. The Labute approximate surface area is 157 Å². The summed E-state index contributed by atoms with van der Waals surface area (Å²) in [4.78, 5) is 15.0. The number of unbranched alkanes of at least 4 members (excludes halogenated alkanes) is 1. The number of halogens is 2. The van der Waals surface area contributed by atoms with Crippen LogP contribution in [0.5, 0.6) is 5.75 Å². The van der Waals surface area contributed by atoms with Crippen LogP contribution in [0, 0.1) is 3.57 Å². The fourth-order valence-electron chi connectivity index (χ4n) is 2.82. The number of hydrogen-bond acceptors (Lipinski definition) is 3. The van der Waals surface area contributed by atoms with Crippen molar-refractivity contribution >= 4 is 40.1 Å². The Morgan fingerprint density at radius 2 is 2.13 bits per heavy atom. The molecule has 1 heterocycles. The molecule has 1 saturated heterocycles. The maximum atomic E-state index is 12.5. The number of hydrogen-bond donors (Lipinski definition) is 1. The smallest absolute Gasteiger partial charge is 0.255 e. The Balaban J connectivity index is 1.94. The lowest BCUT2D eigenvalue weighted by Gasteiger charge is -2.32. The van der Waals surface area contributed by atoms with Gasteiger partial charge in [0.15, 0.2) is 0 Å². The normalized spacial score (nSPS) is 16.3. The molecule has 1 fully saturated rings. The largest absolute Gasteiger partial charge is 0.496 e. The molecule has 1 amide bonds. The average molecular weight is 451 g/mol. The minimum atomic E-state index is -0.104. The quantitative estimate of drug-likeness (QED) is 0.667. The van der Waals surface area contributed by atoms with E-state index in [1.54, 1.807) is 19.2 Å². The maximum Gasteiger partial charge on any atom is 0.255 e. The van der Waals surface area contributed by atoms with E-state index in [9.17, 15) is 4.79 Å². The standard InChI is InChI=1S/C17H24ClIN2O2/c1-3-4-7-21-8-5-12(6-9-21)20-17(22)13-10-14(18)15(19)11-16(13)23-2/h10-12H,3-9H2,1-2H3,(H,20,22). The van der Waals surface area contributed by atoms with Crippen LogP contribution in [0.1, 0.15) is 43.0 Å². The van der Waals surface area contributed by atoms with Gasteiger partial charge in [0.25, 0.3) is 5.91 Å². The number of methoxy groups -OCH3 is 1. The van der Waals surface area contributed by atoms with Gasteiger partial charge in [0, 0.05) is 22.7 Å². The first-order valence-corrected chi connectivity index (χ1v) is 9.57. The van der Waals surface area contributed by atoms with E-state index in [2.05, 4.69) is 39.7 Å². The van der Waals surface area contributed by atoms with Crippen LogP contribution in [-0.4, -0.2) is 43.6 Å². The van der Waals surface area contributed by atoms with Gasteiger partial charge in [-0.3, -0.25) is 4.79 Å². The molecule has 1 aromatic carbocycles. The second kappa shape index (κ2) is 9.08. The van der Waals surface area contributed by atoms with Crippen LogP contribution >= 0.6 is 34.2 Å². The van der Waals surface area contributed by atoms with E-state index in [-0.39, 0.29) is 11.9 Å². The summed E-state index contributed by atoms with van der Waals surface area (Å²) in [6, 6.07) is 3.71. The lowest BCUT2D eigenvalue weighted by atomic mass is 10.0. The van der Waals surface area contributed by atoms with E-state index < -0.39 is 0 Å². The first kappa shape index (κ1) is 18.8. The van der Waals surface area contributed by atoms with Gasteiger partial charge in [0.05, 0.1) is 17.7 Å². The number of benzene rings is 1. The molecule has 0 bridgehead atoms. The number of carbonyl (C=O) groups excluding carboxylic acids is 1. The molecule has 1 aliphatic rings. The third-order valence-corrected chi connectivity index (χ3v) is 5.76. The summed E-state index contributed by atoms with van der Waals surface area (Å²) >= 11 is 8.28. The van der Waals surface area contributed by atoms with Crippen LogP contribution in [0.15, 0.2) is 12.1 Å². The molecule has 6 heteroatoms. The van der Waals surface area contributed by atoms with Crippen molar-refractivity contribution in [1.29, 1.82) is 0 Å². The molecule has 0 aliphatic carbocycles. The highest BCUT2D eigenvalue weighted by atomic mass is 127. The second-order valence-corrected chi connectivity index (χ2v) is 7.48. The summed E-state index contributed by atoms with van der Waals surface area (Å²) in [7, 11) is 1.57. The molecular formula is C17H24ClIN2O2. The molecule has 23 heavy (non-hydrogen) atoms. The number of ether oxygens (including phenoxy) is 1. The number of nitrogens with zero attached hydrogens (tertiary/aromatic N) is 1. The monoisotopic (exact) mass is 450 g/mol. The van der Waals surface area contributed by atoms with Gasteiger partial charge in [0.2, 0.25) is 0 Å². The van der Waals surface area contributed by atoms with Gasteiger partial charge in [-0.15, -0.1) is 0 Å². The summed E-state index contributed by atoms with van der Waals surface area (Å²) in [6.07, 6.45) is 4.46. The zero-order chi connectivity index (χ0) is 16.8. The highest BCUT2D eigenvalue weighted by Crippen LogP contribution is 2.28. The van der Waals surface area contributed by atoms with Gasteiger partial charge in [-0.1, -0.05) is 24.9 Å². The summed E-state index contributed by atoms with van der Waals surface area (Å²) < 4.78 is 6.20. The van der Waals surface area contributed by atoms with E-state index >= 15 is 0 Å². The Morgan fingerprint density at radius 1 is 1.43 bits per heavy atom. The van der Waals surface area contributed by atoms with Crippen molar-refractivity contribution < 1.29 is 9.53 Å². The first-order valence-electron chi connectivity index (χ1n) is 8.11. The maximum absolute atomic E-state index is 12.5. The summed E-state index contributed by atoms with van der Waals surface area (Å²) in [6.45, 7) is 5.48. The topological polar surface area (TPSA) is 41.6 Å². The molecule has 1 aromatic rings. The number of piperidine rings is 1. The number of nitrogens with one attached hydrogen (secondary N) is 1. The number of rotatable bonds is 6. The van der Waals surface area contributed by atoms with Crippen molar-refractivity contribution in [2.75, 3.05) is 26.7 Å². The molecule has 2 rings (SSSR count). The Hall–Kier alpha value is -0.530. The van der Waals surface area contributed by atoms with Gasteiger partial charge in [-0.05, 0) is 60.5 Å². The summed E-state index contributed by atoms with van der Waals surface area (Å²) in [5.41, 5.74) is 0.506. The van der Waals surface area contributed by atoms with E-state index in [4.69, 9.17) is 16.3 Å². The summed E-state index contributed by atoms with van der Waals surface area (Å²) in [5, 5.41) is 3.70. The third-order valence-electron chi connectivity index (χ3n) is 4.24. The van der Waals surface area contributed by atoms with Crippen LogP contribution in [0.3, 0.4) is 0 Å². The van der Waals surface area contributed by atoms with Crippen molar-refractivity contribution in [3.05, 3.63) is 26.3 Å². The highest BCUT2D eigenvalue weighted by molar-refractivity contribution is 14.1. The lowest BCUT2D eigenvalue weighted by molar-refractivity contribution is 0.0907. The van der Waals surface area contributed by atoms with E-state index in [1.165, 1.54) is 12.8 Å². The Morgan fingerprint density at radius 3 is 2.74 bits per heavy atom. The Bertz CT molecular complexity index is 546. The molecule has 4 nitrogen and oxygen atoms in total. The molecule has 128 valence electrons. The average Bonchev–Trinajstić information content (AvgIpc) is 2.56. The highest BCUT2D eigenvalue weighted by Gasteiger charge is 2.22. The van der Waals surface area contributed by atoms with Crippen LogP contribution < -0.4 is 10.1 Å². The number of carbonyl (C=O) groups is 1. The van der Waals surface area contributed by atoms with Crippen molar-refractivity contribution in [3.8, 4) is 5.75 Å². The Kier molecular flexibility index (Phi) is 7.43. The number of amides is 1. The molecule has 1 N–H and O–H groups in total. The lowest BCUT2D eigenvalue weighted by Crippen LogP contribution is -2.44. The molecule has 0 atom stereocenters. The van der Waals surface area contributed by atoms with Crippen molar-refractivity contribution in [2.24, 2.45) is 0 Å². The van der Waals surface area contributed by atoms with Crippen LogP contribution in [0.4, 0.5) is 0 Å². The third kappa shape index (κ3) is 5.22. The minimum absolute atomic E-state index is 0.104. The first-order chi connectivity index (χ1) is 11.0.